The van der Waals surface area contributed by atoms with Gasteiger partial charge in [0.1, 0.15) is 24.1 Å². The van der Waals surface area contributed by atoms with Gasteiger partial charge in [-0.05, 0) is 48.2 Å². The van der Waals surface area contributed by atoms with E-state index in [4.69, 9.17) is 10.00 Å². The Morgan fingerprint density at radius 1 is 1.15 bits per heavy atom. The van der Waals surface area contributed by atoms with Crippen molar-refractivity contribution in [2.75, 3.05) is 0 Å². The van der Waals surface area contributed by atoms with E-state index in [9.17, 15) is 0 Å². The lowest BCUT2D eigenvalue weighted by Gasteiger charge is -2.07. The van der Waals surface area contributed by atoms with Gasteiger partial charge in [0.2, 0.25) is 0 Å². The van der Waals surface area contributed by atoms with Gasteiger partial charge in [0.05, 0.1) is 0 Å². The largest absolute Gasteiger partial charge is 0.489 e. The maximum absolute atomic E-state index is 8.80. The lowest BCUT2D eigenvalue weighted by Crippen LogP contribution is -1.97. The van der Waals surface area contributed by atoms with E-state index in [0.29, 0.717) is 12.3 Å². The zero-order valence-electron chi connectivity index (χ0n) is 11.7. The molecule has 20 heavy (non-hydrogen) atoms. The lowest BCUT2D eigenvalue weighted by atomic mass is 10.1. The predicted molar refractivity (Wildman–Crippen MR) is 78.3 cm³/mol. The van der Waals surface area contributed by atoms with Crippen LogP contribution in [0.2, 0.25) is 0 Å². The highest BCUT2D eigenvalue weighted by Crippen LogP contribution is 2.15. The molecule has 0 saturated heterocycles. The molecule has 2 aromatic rings. The molecule has 1 aromatic carbocycles. The summed E-state index contributed by atoms with van der Waals surface area (Å²) in [6.07, 6.45) is 5.17. The summed E-state index contributed by atoms with van der Waals surface area (Å²) in [5.74, 6) is 0.848. The van der Waals surface area contributed by atoms with Crippen LogP contribution < -0.4 is 4.74 Å². The number of aromatic nitrogens is 1. The zero-order valence-corrected chi connectivity index (χ0v) is 11.7. The molecule has 0 spiro atoms. The molecule has 0 saturated carbocycles. The van der Waals surface area contributed by atoms with Crippen LogP contribution in [0.15, 0.2) is 42.6 Å². The van der Waals surface area contributed by atoms with Crippen LogP contribution in [0.25, 0.3) is 0 Å². The zero-order chi connectivity index (χ0) is 14.2. The van der Waals surface area contributed by atoms with Crippen LogP contribution in [-0.2, 0) is 13.0 Å². The number of nitrogens with zero attached hydrogens (tertiary/aromatic N) is 2. The van der Waals surface area contributed by atoms with E-state index < -0.39 is 0 Å². The van der Waals surface area contributed by atoms with E-state index in [1.807, 2.05) is 24.3 Å². The minimum absolute atomic E-state index is 0.418. The number of pyridine rings is 1. The molecule has 0 atom stereocenters. The van der Waals surface area contributed by atoms with Gasteiger partial charge in [0.25, 0.3) is 0 Å². The summed E-state index contributed by atoms with van der Waals surface area (Å²) in [4.78, 5) is 3.94. The van der Waals surface area contributed by atoms with Crippen LogP contribution in [0.5, 0.6) is 5.75 Å². The molecule has 0 radical (unpaired) electrons. The van der Waals surface area contributed by atoms with Crippen molar-refractivity contribution in [3.8, 4) is 11.8 Å². The van der Waals surface area contributed by atoms with Crippen LogP contribution in [0.1, 0.15) is 36.6 Å². The Hall–Kier alpha value is -2.34. The molecule has 0 N–H and O–H groups in total. The van der Waals surface area contributed by atoms with Crippen molar-refractivity contribution in [1.82, 2.24) is 4.98 Å². The summed E-state index contributed by atoms with van der Waals surface area (Å²) < 4.78 is 5.71. The van der Waals surface area contributed by atoms with Gasteiger partial charge in [0, 0.05) is 6.20 Å². The third kappa shape index (κ3) is 4.10. The summed E-state index contributed by atoms with van der Waals surface area (Å²) in [6.45, 7) is 2.65. The number of aryl methyl sites for hydroxylation is 1. The van der Waals surface area contributed by atoms with Crippen LogP contribution in [0, 0.1) is 11.3 Å². The van der Waals surface area contributed by atoms with E-state index in [-0.39, 0.29) is 0 Å². The molecule has 0 aliphatic heterocycles. The molecular formula is C17H18N2O. The second kappa shape index (κ2) is 7.30. The standard InChI is InChI=1S/C17H18N2O/c1-2-3-4-14-5-7-17(8-6-14)20-13-15-9-10-19-16(11-15)12-18/h5-11H,2-4,13H2,1H3. The normalized spacial score (nSPS) is 10.0. The average molecular weight is 266 g/mol. The number of benzene rings is 1. The summed E-state index contributed by atoms with van der Waals surface area (Å²) in [6, 6.07) is 13.8. The fraction of sp³-hybridized carbons (Fsp3) is 0.294. The molecule has 0 bridgehead atoms. The number of nitriles is 1. The molecule has 3 nitrogen and oxygen atoms in total. The first-order valence-electron chi connectivity index (χ1n) is 6.88. The van der Waals surface area contributed by atoms with Gasteiger partial charge in [-0.1, -0.05) is 25.5 Å². The van der Waals surface area contributed by atoms with Gasteiger partial charge in [-0.25, -0.2) is 4.98 Å². The lowest BCUT2D eigenvalue weighted by molar-refractivity contribution is 0.306. The van der Waals surface area contributed by atoms with Crippen molar-refractivity contribution in [2.45, 2.75) is 32.8 Å². The maximum Gasteiger partial charge on any atom is 0.140 e. The van der Waals surface area contributed by atoms with Crippen molar-refractivity contribution in [3.05, 3.63) is 59.4 Å². The van der Waals surface area contributed by atoms with Crippen molar-refractivity contribution in [1.29, 1.82) is 5.26 Å². The summed E-state index contributed by atoms with van der Waals surface area (Å²) in [5, 5.41) is 8.80. The third-order valence-electron chi connectivity index (χ3n) is 3.09. The fourth-order valence-electron chi connectivity index (χ4n) is 1.93. The first kappa shape index (κ1) is 14.1. The van der Waals surface area contributed by atoms with Crippen LogP contribution in [0.3, 0.4) is 0 Å². The Labute approximate surface area is 119 Å². The number of rotatable bonds is 6. The highest BCUT2D eigenvalue weighted by molar-refractivity contribution is 5.29. The maximum atomic E-state index is 8.80. The van der Waals surface area contributed by atoms with Gasteiger partial charge >= 0.3 is 0 Å². The second-order valence-corrected chi connectivity index (χ2v) is 4.70. The smallest absolute Gasteiger partial charge is 0.140 e. The molecule has 1 heterocycles. The Morgan fingerprint density at radius 3 is 2.65 bits per heavy atom. The van der Waals surface area contributed by atoms with E-state index in [2.05, 4.69) is 24.0 Å². The van der Waals surface area contributed by atoms with Crippen LogP contribution in [0.4, 0.5) is 0 Å². The van der Waals surface area contributed by atoms with E-state index in [1.165, 1.54) is 18.4 Å². The molecule has 0 unspecified atom stereocenters. The molecule has 1 aromatic heterocycles. The predicted octanol–water partition coefficient (Wildman–Crippen LogP) is 3.87. The van der Waals surface area contributed by atoms with Crippen molar-refractivity contribution >= 4 is 0 Å². The van der Waals surface area contributed by atoms with Gasteiger partial charge in [-0.3, -0.25) is 0 Å². The minimum Gasteiger partial charge on any atom is -0.489 e. The van der Waals surface area contributed by atoms with E-state index >= 15 is 0 Å². The SMILES string of the molecule is CCCCc1ccc(OCc2ccnc(C#N)c2)cc1. The van der Waals surface area contributed by atoms with E-state index in [1.54, 1.807) is 12.3 Å². The monoisotopic (exact) mass is 266 g/mol. The Morgan fingerprint density at radius 2 is 1.95 bits per heavy atom. The van der Waals surface area contributed by atoms with E-state index in [0.717, 1.165) is 17.7 Å². The van der Waals surface area contributed by atoms with Crippen molar-refractivity contribution in [2.24, 2.45) is 0 Å². The van der Waals surface area contributed by atoms with Gasteiger partial charge in [0.15, 0.2) is 0 Å². The van der Waals surface area contributed by atoms with Crippen LogP contribution in [-0.4, -0.2) is 4.98 Å². The molecule has 0 aliphatic carbocycles. The van der Waals surface area contributed by atoms with Crippen LogP contribution >= 0.6 is 0 Å². The average Bonchev–Trinajstić information content (AvgIpc) is 2.52. The van der Waals surface area contributed by atoms with Crippen molar-refractivity contribution in [3.63, 3.8) is 0 Å². The van der Waals surface area contributed by atoms with Gasteiger partial charge < -0.3 is 4.74 Å². The Balaban J connectivity index is 1.92. The number of ether oxygens (including phenoxy) is 1. The Kier molecular flexibility index (Phi) is 5.14. The molecule has 0 amide bonds. The minimum atomic E-state index is 0.418. The quantitative estimate of drug-likeness (QED) is 0.797. The van der Waals surface area contributed by atoms with Gasteiger partial charge in [-0.2, -0.15) is 5.26 Å². The third-order valence-corrected chi connectivity index (χ3v) is 3.09. The molecular weight excluding hydrogens is 248 g/mol. The first-order valence-corrected chi connectivity index (χ1v) is 6.88. The second-order valence-electron chi connectivity index (χ2n) is 4.70. The summed E-state index contributed by atoms with van der Waals surface area (Å²) in [7, 11) is 0. The van der Waals surface area contributed by atoms with Crippen molar-refractivity contribution < 1.29 is 4.74 Å². The highest BCUT2D eigenvalue weighted by Gasteiger charge is 1.99. The summed E-state index contributed by atoms with van der Waals surface area (Å²) >= 11 is 0. The topological polar surface area (TPSA) is 45.9 Å². The molecule has 3 heteroatoms. The molecule has 2 rings (SSSR count). The molecule has 0 fully saturated rings. The number of hydrogen-bond donors (Lipinski definition) is 0. The highest BCUT2D eigenvalue weighted by atomic mass is 16.5. The van der Waals surface area contributed by atoms with Gasteiger partial charge in [-0.15, -0.1) is 0 Å². The molecule has 102 valence electrons. The number of unbranched alkanes of at least 4 members (excludes halogenated alkanes) is 1. The fourth-order valence-corrected chi connectivity index (χ4v) is 1.93. The Bertz CT molecular complexity index is 585. The molecule has 0 aliphatic rings. The summed E-state index contributed by atoms with van der Waals surface area (Å²) in [5.41, 5.74) is 2.71. The first-order chi connectivity index (χ1) is 9.81. The number of hydrogen-bond acceptors (Lipinski definition) is 3.